The number of hydrogen-bond acceptors (Lipinski definition) is 2. The molecule has 4 nitrogen and oxygen atoms in total. The predicted molar refractivity (Wildman–Crippen MR) is 92.3 cm³/mol. The maximum Gasteiger partial charge on any atom is 0.239 e. The highest BCUT2D eigenvalue weighted by Crippen LogP contribution is 2.22. The van der Waals surface area contributed by atoms with E-state index in [4.69, 9.17) is 0 Å². The smallest absolute Gasteiger partial charge is 0.239 e. The number of likely N-dealkylation sites (tertiary alicyclic amines) is 1. The van der Waals surface area contributed by atoms with Gasteiger partial charge in [-0.25, -0.2) is 0 Å². The number of amides is 2. The first-order chi connectivity index (χ1) is 10.9. The second kappa shape index (κ2) is 7.62. The van der Waals surface area contributed by atoms with Crippen LogP contribution in [0.4, 0.5) is 0 Å². The van der Waals surface area contributed by atoms with Crippen molar-refractivity contribution in [3.8, 4) is 0 Å². The minimum atomic E-state index is -0.0634. The summed E-state index contributed by atoms with van der Waals surface area (Å²) in [4.78, 5) is 25.3. The number of hydrogen-bond donors (Lipinski definition) is 1. The average Bonchev–Trinajstić information content (AvgIpc) is 2.49. The van der Waals surface area contributed by atoms with Gasteiger partial charge in [-0.3, -0.25) is 9.59 Å². The van der Waals surface area contributed by atoms with Crippen molar-refractivity contribution in [3.63, 3.8) is 0 Å². The third kappa shape index (κ3) is 5.38. The summed E-state index contributed by atoms with van der Waals surface area (Å²) >= 11 is 0. The van der Waals surface area contributed by atoms with Gasteiger partial charge in [-0.15, -0.1) is 0 Å². The molecule has 0 aliphatic carbocycles. The van der Waals surface area contributed by atoms with E-state index in [2.05, 4.69) is 50.4 Å². The van der Waals surface area contributed by atoms with Gasteiger partial charge in [0.2, 0.25) is 11.8 Å². The first-order valence-electron chi connectivity index (χ1n) is 8.50. The minimum Gasteiger partial charge on any atom is -0.354 e. The van der Waals surface area contributed by atoms with Gasteiger partial charge >= 0.3 is 0 Å². The summed E-state index contributed by atoms with van der Waals surface area (Å²) in [5.74, 6) is 0.0377. The van der Waals surface area contributed by atoms with Crippen LogP contribution in [0, 0.1) is 0 Å². The molecular weight excluding hydrogens is 288 g/mol. The predicted octanol–water partition coefficient (Wildman–Crippen LogP) is 2.66. The summed E-state index contributed by atoms with van der Waals surface area (Å²) in [6.07, 6.45) is 3.33. The molecule has 126 valence electrons. The van der Waals surface area contributed by atoms with Crippen LogP contribution in [0.25, 0.3) is 0 Å². The van der Waals surface area contributed by atoms with E-state index in [1.54, 1.807) is 4.90 Å². The van der Waals surface area contributed by atoms with Crippen molar-refractivity contribution in [2.24, 2.45) is 0 Å². The van der Waals surface area contributed by atoms with Crippen LogP contribution in [0.15, 0.2) is 24.3 Å². The minimum absolute atomic E-state index is 0.0634. The quantitative estimate of drug-likeness (QED) is 0.908. The number of carbonyl (C=O) groups excluding carboxylic acids is 2. The van der Waals surface area contributed by atoms with Gasteiger partial charge in [0.25, 0.3) is 0 Å². The summed E-state index contributed by atoms with van der Waals surface area (Å²) in [6.45, 7) is 8.11. The fraction of sp³-hybridized carbons (Fsp3) is 0.579. The molecule has 0 atom stereocenters. The Hall–Kier alpha value is -1.84. The third-order valence-electron chi connectivity index (χ3n) is 4.31. The van der Waals surface area contributed by atoms with Gasteiger partial charge in [0.05, 0.1) is 6.54 Å². The highest BCUT2D eigenvalue weighted by Gasteiger charge is 2.20. The molecule has 1 aliphatic heterocycles. The molecule has 23 heavy (non-hydrogen) atoms. The zero-order chi connectivity index (χ0) is 16.9. The largest absolute Gasteiger partial charge is 0.354 e. The molecule has 0 aromatic heterocycles. The lowest BCUT2D eigenvalue weighted by Gasteiger charge is -2.25. The molecule has 0 spiro atoms. The Morgan fingerprint density at radius 2 is 1.87 bits per heavy atom. The number of nitrogens with zero attached hydrogens (tertiary/aromatic N) is 1. The maximum atomic E-state index is 11.9. The SMILES string of the molecule is CC(C)(C)c1ccc(CCNC(=O)CN2CCCCC2=O)cc1. The van der Waals surface area contributed by atoms with Crippen molar-refractivity contribution in [3.05, 3.63) is 35.4 Å². The normalized spacial score (nSPS) is 15.6. The van der Waals surface area contributed by atoms with Crippen LogP contribution >= 0.6 is 0 Å². The fourth-order valence-electron chi connectivity index (χ4n) is 2.78. The Morgan fingerprint density at radius 3 is 2.48 bits per heavy atom. The van der Waals surface area contributed by atoms with Gasteiger partial charge in [-0.1, -0.05) is 45.0 Å². The second-order valence-corrected chi connectivity index (χ2v) is 7.32. The van der Waals surface area contributed by atoms with Crippen molar-refractivity contribution in [2.45, 2.75) is 51.9 Å². The van der Waals surface area contributed by atoms with Gasteiger partial charge in [0.15, 0.2) is 0 Å². The Kier molecular flexibility index (Phi) is 5.80. The van der Waals surface area contributed by atoms with E-state index in [9.17, 15) is 9.59 Å². The molecule has 1 fully saturated rings. The number of nitrogens with one attached hydrogen (secondary N) is 1. The van der Waals surface area contributed by atoms with Crippen molar-refractivity contribution in [1.29, 1.82) is 0 Å². The van der Waals surface area contributed by atoms with Crippen LogP contribution in [0.3, 0.4) is 0 Å². The molecule has 2 rings (SSSR count). The average molecular weight is 316 g/mol. The summed E-state index contributed by atoms with van der Waals surface area (Å²) in [5.41, 5.74) is 2.69. The van der Waals surface area contributed by atoms with Crippen LogP contribution in [-0.2, 0) is 21.4 Å². The molecule has 0 radical (unpaired) electrons. The molecule has 0 bridgehead atoms. The highest BCUT2D eigenvalue weighted by molar-refractivity contribution is 5.85. The van der Waals surface area contributed by atoms with E-state index >= 15 is 0 Å². The summed E-state index contributed by atoms with van der Waals surface area (Å²) in [7, 11) is 0. The van der Waals surface area contributed by atoms with Crippen LogP contribution in [-0.4, -0.2) is 36.3 Å². The highest BCUT2D eigenvalue weighted by atomic mass is 16.2. The summed E-state index contributed by atoms with van der Waals surface area (Å²) < 4.78 is 0. The molecule has 0 saturated carbocycles. The van der Waals surface area contributed by atoms with Crippen LogP contribution in [0.2, 0.25) is 0 Å². The van der Waals surface area contributed by atoms with Gasteiger partial charge < -0.3 is 10.2 Å². The van der Waals surface area contributed by atoms with Gasteiger partial charge in [0, 0.05) is 19.5 Å². The topological polar surface area (TPSA) is 49.4 Å². The maximum absolute atomic E-state index is 11.9. The fourth-order valence-corrected chi connectivity index (χ4v) is 2.78. The van der Waals surface area contributed by atoms with E-state index in [-0.39, 0.29) is 23.8 Å². The van der Waals surface area contributed by atoms with Crippen molar-refractivity contribution >= 4 is 11.8 Å². The zero-order valence-corrected chi connectivity index (χ0v) is 14.5. The lowest BCUT2D eigenvalue weighted by Crippen LogP contribution is -2.43. The number of piperidine rings is 1. The molecule has 1 aliphatic rings. The third-order valence-corrected chi connectivity index (χ3v) is 4.31. The molecule has 1 heterocycles. The van der Waals surface area contributed by atoms with Crippen LogP contribution in [0.5, 0.6) is 0 Å². The Balaban J connectivity index is 1.74. The standard InChI is InChI=1S/C19H28N2O2/c1-19(2,3)16-9-7-15(8-10-16)11-12-20-17(22)14-21-13-5-4-6-18(21)23/h7-10H,4-6,11-14H2,1-3H3,(H,20,22). The first-order valence-corrected chi connectivity index (χ1v) is 8.50. The van der Waals surface area contributed by atoms with E-state index in [1.165, 1.54) is 11.1 Å². The number of carbonyl (C=O) groups is 2. The van der Waals surface area contributed by atoms with Gasteiger partial charge in [-0.2, -0.15) is 0 Å². The number of benzene rings is 1. The van der Waals surface area contributed by atoms with Crippen molar-refractivity contribution in [1.82, 2.24) is 10.2 Å². The lowest BCUT2D eigenvalue weighted by molar-refractivity contribution is -0.137. The van der Waals surface area contributed by atoms with E-state index in [0.29, 0.717) is 19.5 Å². The Bertz CT molecular complexity index is 543. The Labute approximate surface area is 139 Å². The zero-order valence-electron chi connectivity index (χ0n) is 14.5. The van der Waals surface area contributed by atoms with Crippen molar-refractivity contribution in [2.75, 3.05) is 19.6 Å². The Morgan fingerprint density at radius 1 is 1.17 bits per heavy atom. The summed E-state index contributed by atoms with van der Waals surface area (Å²) in [5, 5.41) is 2.91. The van der Waals surface area contributed by atoms with E-state index in [0.717, 1.165) is 19.3 Å². The van der Waals surface area contributed by atoms with Crippen molar-refractivity contribution < 1.29 is 9.59 Å². The molecule has 1 saturated heterocycles. The summed E-state index contributed by atoms with van der Waals surface area (Å²) in [6, 6.07) is 8.56. The lowest BCUT2D eigenvalue weighted by atomic mass is 9.86. The van der Waals surface area contributed by atoms with Crippen LogP contribution in [0.1, 0.15) is 51.2 Å². The van der Waals surface area contributed by atoms with Crippen LogP contribution < -0.4 is 5.32 Å². The molecule has 1 aromatic carbocycles. The molecule has 1 aromatic rings. The molecule has 0 unspecified atom stereocenters. The van der Waals surface area contributed by atoms with Gasteiger partial charge in [0.1, 0.15) is 0 Å². The van der Waals surface area contributed by atoms with E-state index < -0.39 is 0 Å². The molecular formula is C19H28N2O2. The molecule has 1 N–H and O–H groups in total. The molecule has 2 amide bonds. The number of rotatable bonds is 5. The molecule has 4 heteroatoms. The van der Waals surface area contributed by atoms with E-state index in [1.807, 2.05) is 0 Å². The first kappa shape index (κ1) is 17.5. The van der Waals surface area contributed by atoms with Gasteiger partial charge in [-0.05, 0) is 35.8 Å². The second-order valence-electron chi connectivity index (χ2n) is 7.32. The monoisotopic (exact) mass is 316 g/mol.